The summed E-state index contributed by atoms with van der Waals surface area (Å²) in [6, 6.07) is 10.8. The minimum atomic E-state index is -1.54. The second-order valence-electron chi connectivity index (χ2n) is 8.25. The van der Waals surface area contributed by atoms with Crippen molar-refractivity contribution in [2.45, 2.75) is 84.9 Å². The third kappa shape index (κ3) is 6.33. The topological polar surface area (TPSA) is 0 Å². The van der Waals surface area contributed by atoms with Gasteiger partial charge in [-0.15, -0.1) is 5.54 Å². The van der Waals surface area contributed by atoms with Crippen LogP contribution in [0.2, 0.25) is 18.1 Å². The zero-order chi connectivity index (χ0) is 18.2. The molecule has 1 aromatic carbocycles. The molecule has 0 heterocycles. The van der Waals surface area contributed by atoms with Crippen molar-refractivity contribution in [3.8, 4) is 11.5 Å². The number of aryl methyl sites for hydroxylation is 1. The highest BCUT2D eigenvalue weighted by Crippen LogP contribution is 2.35. The summed E-state index contributed by atoms with van der Waals surface area (Å²) in [6.45, 7) is 16.4. The van der Waals surface area contributed by atoms with E-state index in [1.165, 1.54) is 17.6 Å². The van der Waals surface area contributed by atoms with Gasteiger partial charge in [0.2, 0.25) is 0 Å². The summed E-state index contributed by atoms with van der Waals surface area (Å²) in [5, 5.41) is 0.327. The Morgan fingerprint density at radius 2 is 1.58 bits per heavy atom. The lowest BCUT2D eigenvalue weighted by molar-refractivity contribution is 0.731. The average molecular weight is 341 g/mol. The van der Waals surface area contributed by atoms with E-state index in [9.17, 15) is 0 Å². The Balaban J connectivity index is 2.90. The molecule has 24 heavy (non-hydrogen) atoms. The van der Waals surface area contributed by atoms with Crippen LogP contribution >= 0.6 is 0 Å². The Morgan fingerprint density at radius 1 is 1.00 bits per heavy atom. The van der Waals surface area contributed by atoms with Crippen molar-refractivity contribution in [1.29, 1.82) is 0 Å². The minimum absolute atomic E-state index is 0.327. The Hall–Kier alpha value is -1.26. The molecule has 0 bridgehead atoms. The summed E-state index contributed by atoms with van der Waals surface area (Å²) >= 11 is 0. The smallest absolute Gasteiger partial charge is 0.126 e. The Bertz CT molecular complexity index is 582. The van der Waals surface area contributed by atoms with Crippen LogP contribution in [0.15, 0.2) is 41.5 Å². The van der Waals surface area contributed by atoms with E-state index in [4.69, 9.17) is 0 Å². The van der Waals surface area contributed by atoms with Gasteiger partial charge >= 0.3 is 0 Å². The van der Waals surface area contributed by atoms with E-state index >= 15 is 0 Å². The largest absolute Gasteiger partial charge is 0.138 e. The molecule has 0 saturated heterocycles. The van der Waals surface area contributed by atoms with Gasteiger partial charge in [-0.3, -0.25) is 0 Å². The molecule has 0 radical (unpaired) electrons. The summed E-state index contributed by atoms with van der Waals surface area (Å²) in [6.07, 6.45) is 5.71. The van der Waals surface area contributed by atoms with Gasteiger partial charge in [0.15, 0.2) is 0 Å². The lowest BCUT2D eigenvalue weighted by atomic mass is 9.97. The molecule has 1 rings (SSSR count). The third-order valence-electron chi connectivity index (χ3n) is 5.42. The third-order valence-corrected chi connectivity index (χ3v) is 9.92. The van der Waals surface area contributed by atoms with Gasteiger partial charge in [0.25, 0.3) is 0 Å². The molecule has 0 unspecified atom stereocenters. The van der Waals surface area contributed by atoms with Gasteiger partial charge in [-0.25, -0.2) is 0 Å². The number of hydrogen-bond acceptors (Lipinski definition) is 0. The van der Waals surface area contributed by atoms with Crippen LogP contribution in [0.5, 0.6) is 0 Å². The molecule has 1 aromatic rings. The first-order valence-electron chi connectivity index (χ1n) is 9.49. The van der Waals surface area contributed by atoms with Gasteiger partial charge in [-0.2, -0.15) is 0 Å². The van der Waals surface area contributed by atoms with Gasteiger partial charge in [-0.1, -0.05) is 89.5 Å². The maximum absolute atomic E-state index is 3.73. The van der Waals surface area contributed by atoms with Crippen molar-refractivity contribution in [3.05, 3.63) is 47.0 Å². The van der Waals surface area contributed by atoms with Crippen LogP contribution in [0, 0.1) is 11.5 Å². The maximum Gasteiger partial charge on any atom is 0.138 e. The Morgan fingerprint density at radius 3 is 2.08 bits per heavy atom. The van der Waals surface area contributed by atoms with Crippen LogP contribution in [0.25, 0.3) is 0 Å². The summed E-state index contributed by atoms with van der Waals surface area (Å²) in [5.74, 6) is 3.65. The molecule has 0 N–H and O–H groups in total. The fourth-order valence-electron chi connectivity index (χ4n) is 2.54. The van der Waals surface area contributed by atoms with Gasteiger partial charge in [0, 0.05) is 5.57 Å². The molecular weight excluding hydrogens is 304 g/mol. The van der Waals surface area contributed by atoms with E-state index in [0.717, 1.165) is 25.7 Å². The summed E-state index contributed by atoms with van der Waals surface area (Å²) in [5.41, 5.74) is 8.13. The van der Waals surface area contributed by atoms with Gasteiger partial charge in [0.1, 0.15) is 8.07 Å². The molecule has 0 spiro atoms. The monoisotopic (exact) mass is 340 g/mol. The molecular formula is C23H36Si. The second-order valence-corrected chi connectivity index (χ2v) is 13.3. The van der Waals surface area contributed by atoms with Crippen molar-refractivity contribution in [2.24, 2.45) is 0 Å². The van der Waals surface area contributed by atoms with E-state index < -0.39 is 8.07 Å². The zero-order valence-electron chi connectivity index (χ0n) is 16.9. The first-order chi connectivity index (χ1) is 11.2. The quantitative estimate of drug-likeness (QED) is 0.380. The summed E-state index contributed by atoms with van der Waals surface area (Å²) in [7, 11) is -1.54. The molecule has 0 aliphatic rings. The standard InChI is InChI=1S/C23H36Si/c1-8-21(9-2)22(18-19-24(6,7)23(3,4)5)17-13-16-20-14-11-10-12-15-20/h10-12,14-15H,8-9,13,16-17H2,1-7H3. The lowest BCUT2D eigenvalue weighted by Crippen LogP contribution is -2.35. The van der Waals surface area contributed by atoms with E-state index in [1.54, 1.807) is 5.57 Å². The number of rotatable bonds is 6. The Labute approximate surface area is 151 Å². The second kappa shape index (κ2) is 9.28. The number of hydrogen-bond donors (Lipinski definition) is 0. The van der Waals surface area contributed by atoms with Crippen molar-refractivity contribution in [3.63, 3.8) is 0 Å². The van der Waals surface area contributed by atoms with Crippen molar-refractivity contribution in [2.75, 3.05) is 0 Å². The number of allylic oxidation sites excluding steroid dienone is 2. The Kier molecular flexibility index (Phi) is 8.04. The van der Waals surface area contributed by atoms with Gasteiger partial charge < -0.3 is 0 Å². The van der Waals surface area contributed by atoms with Crippen molar-refractivity contribution < 1.29 is 0 Å². The molecule has 1 heteroatoms. The van der Waals surface area contributed by atoms with E-state index in [2.05, 4.69) is 89.5 Å². The van der Waals surface area contributed by atoms with Crippen LogP contribution in [0.3, 0.4) is 0 Å². The number of benzene rings is 1. The first-order valence-corrected chi connectivity index (χ1v) is 12.5. The predicted octanol–water partition coefficient (Wildman–Crippen LogP) is 7.18. The van der Waals surface area contributed by atoms with E-state index in [1.807, 2.05) is 0 Å². The van der Waals surface area contributed by atoms with Crippen LogP contribution in [-0.4, -0.2) is 8.07 Å². The normalized spacial score (nSPS) is 11.6. The van der Waals surface area contributed by atoms with Crippen molar-refractivity contribution in [1.82, 2.24) is 0 Å². The fraction of sp³-hybridized carbons (Fsp3) is 0.565. The zero-order valence-corrected chi connectivity index (χ0v) is 17.9. The molecule has 132 valence electrons. The van der Waals surface area contributed by atoms with Gasteiger partial charge in [0.05, 0.1) is 0 Å². The molecule has 0 aliphatic heterocycles. The predicted molar refractivity (Wildman–Crippen MR) is 112 cm³/mol. The van der Waals surface area contributed by atoms with Crippen LogP contribution < -0.4 is 0 Å². The summed E-state index contributed by atoms with van der Waals surface area (Å²) < 4.78 is 0. The fourth-order valence-corrected chi connectivity index (χ4v) is 3.38. The highest BCUT2D eigenvalue weighted by Gasteiger charge is 2.33. The molecule has 0 atom stereocenters. The minimum Gasteiger partial charge on any atom is -0.126 e. The van der Waals surface area contributed by atoms with Gasteiger partial charge in [-0.05, 0) is 42.7 Å². The highest BCUT2D eigenvalue weighted by molar-refractivity contribution is 6.87. The lowest BCUT2D eigenvalue weighted by Gasteiger charge is -2.31. The molecule has 0 amide bonds. The van der Waals surface area contributed by atoms with Crippen LogP contribution in [0.4, 0.5) is 0 Å². The first kappa shape index (κ1) is 20.8. The SMILES string of the molecule is CCC(CC)=C(C#C[Si](C)(C)C(C)(C)C)CCCc1ccccc1. The van der Waals surface area contributed by atoms with E-state index in [0.29, 0.717) is 5.04 Å². The molecule has 0 aliphatic carbocycles. The average Bonchev–Trinajstić information content (AvgIpc) is 2.53. The molecule has 0 nitrogen and oxygen atoms in total. The van der Waals surface area contributed by atoms with Crippen LogP contribution in [0.1, 0.15) is 65.9 Å². The summed E-state index contributed by atoms with van der Waals surface area (Å²) in [4.78, 5) is 0. The van der Waals surface area contributed by atoms with E-state index in [-0.39, 0.29) is 0 Å². The molecule has 0 aromatic heterocycles. The molecule has 0 fully saturated rings. The highest BCUT2D eigenvalue weighted by atomic mass is 28.3. The maximum atomic E-state index is 3.73. The van der Waals surface area contributed by atoms with Crippen molar-refractivity contribution >= 4 is 8.07 Å². The van der Waals surface area contributed by atoms with Crippen LogP contribution in [-0.2, 0) is 6.42 Å². The molecule has 0 saturated carbocycles.